The van der Waals surface area contributed by atoms with Gasteiger partial charge in [-0.25, -0.2) is 4.98 Å². The minimum atomic E-state index is 0.545. The maximum Gasteiger partial charge on any atom is 0.146 e. The van der Waals surface area contributed by atoms with Crippen molar-refractivity contribution in [1.82, 2.24) is 9.88 Å². The van der Waals surface area contributed by atoms with Crippen LogP contribution in [0.1, 0.15) is 42.0 Å². The van der Waals surface area contributed by atoms with Crippen LogP contribution in [0.2, 0.25) is 0 Å². The molecule has 1 atom stereocenters. The molecule has 1 aliphatic heterocycles. The first-order valence-corrected chi connectivity index (χ1v) is 9.29. The van der Waals surface area contributed by atoms with Gasteiger partial charge in [0, 0.05) is 38.4 Å². The molecule has 4 heteroatoms. The number of hydrogen-bond donors (Lipinski definition) is 0. The van der Waals surface area contributed by atoms with E-state index >= 15 is 0 Å². The summed E-state index contributed by atoms with van der Waals surface area (Å²) in [7, 11) is 0. The molecular formula is C21H24N4. The van der Waals surface area contributed by atoms with Crippen molar-refractivity contribution in [3.05, 3.63) is 59.3 Å². The third-order valence-corrected chi connectivity index (χ3v) is 5.52. The van der Waals surface area contributed by atoms with E-state index in [1.807, 2.05) is 12.1 Å². The molecule has 1 saturated heterocycles. The number of benzene rings is 1. The van der Waals surface area contributed by atoms with Gasteiger partial charge in [-0.1, -0.05) is 24.3 Å². The van der Waals surface area contributed by atoms with Gasteiger partial charge in [-0.05, 0) is 48.9 Å². The Morgan fingerprint density at radius 1 is 1.00 bits per heavy atom. The van der Waals surface area contributed by atoms with Gasteiger partial charge in [0.05, 0.1) is 5.56 Å². The largest absolute Gasteiger partial charge is 0.354 e. The van der Waals surface area contributed by atoms with Gasteiger partial charge < -0.3 is 4.90 Å². The number of aromatic nitrogens is 1. The summed E-state index contributed by atoms with van der Waals surface area (Å²) in [5, 5.41) is 9.36. The SMILES string of the molecule is N#Cc1cccnc1N1CCCN([C@@H]2CCCc3ccccc32)CC1. The second kappa shape index (κ2) is 7.25. The summed E-state index contributed by atoms with van der Waals surface area (Å²) in [6.45, 7) is 4.05. The molecule has 0 bridgehead atoms. The summed E-state index contributed by atoms with van der Waals surface area (Å²) >= 11 is 0. The van der Waals surface area contributed by atoms with Gasteiger partial charge in [0.1, 0.15) is 11.9 Å². The monoisotopic (exact) mass is 332 g/mol. The zero-order valence-corrected chi connectivity index (χ0v) is 14.6. The molecule has 4 nitrogen and oxygen atoms in total. The Kier molecular flexibility index (Phi) is 4.67. The average Bonchev–Trinajstić information content (AvgIpc) is 2.93. The number of fused-ring (bicyclic) bond motifs is 1. The number of hydrogen-bond acceptors (Lipinski definition) is 4. The maximum atomic E-state index is 9.36. The molecule has 4 rings (SSSR count). The molecule has 25 heavy (non-hydrogen) atoms. The van der Waals surface area contributed by atoms with E-state index in [0.29, 0.717) is 11.6 Å². The highest BCUT2D eigenvalue weighted by atomic mass is 15.3. The lowest BCUT2D eigenvalue weighted by Gasteiger charge is -2.35. The molecule has 2 aliphatic rings. The van der Waals surface area contributed by atoms with Gasteiger partial charge in [0.25, 0.3) is 0 Å². The van der Waals surface area contributed by atoms with Gasteiger partial charge >= 0.3 is 0 Å². The molecule has 1 aromatic heterocycles. The molecule has 0 spiro atoms. The standard InChI is InChI=1S/C21H24N4/c22-16-18-8-4-11-23-21(18)25-13-5-12-24(14-15-25)20-10-3-7-17-6-1-2-9-19(17)20/h1-2,4,6,8-9,11,20H,3,5,7,10,12-15H2/t20-/m1/s1. The second-order valence-corrected chi connectivity index (χ2v) is 6.97. The minimum absolute atomic E-state index is 0.545. The fourth-order valence-electron chi connectivity index (χ4n) is 4.30. The molecular weight excluding hydrogens is 308 g/mol. The molecule has 2 aromatic rings. The molecule has 0 amide bonds. The van der Waals surface area contributed by atoms with E-state index in [0.717, 1.165) is 38.4 Å². The van der Waals surface area contributed by atoms with E-state index in [1.165, 1.54) is 30.4 Å². The van der Waals surface area contributed by atoms with Crippen LogP contribution in [0.25, 0.3) is 0 Å². The predicted octanol–water partition coefficient (Wildman–Crippen LogP) is 3.54. The van der Waals surface area contributed by atoms with Crippen LogP contribution in [0.5, 0.6) is 0 Å². The lowest BCUT2D eigenvalue weighted by molar-refractivity contribution is 0.191. The number of rotatable bonds is 2. The summed E-state index contributed by atoms with van der Waals surface area (Å²) in [6.07, 6.45) is 6.65. The summed E-state index contributed by atoms with van der Waals surface area (Å²) in [6, 6.07) is 15.5. The molecule has 128 valence electrons. The lowest BCUT2D eigenvalue weighted by atomic mass is 9.87. The first-order chi connectivity index (χ1) is 12.4. The Morgan fingerprint density at radius 2 is 1.92 bits per heavy atom. The molecule has 1 aliphatic carbocycles. The zero-order chi connectivity index (χ0) is 17.1. The summed E-state index contributed by atoms with van der Waals surface area (Å²) < 4.78 is 0. The third-order valence-electron chi connectivity index (χ3n) is 5.52. The molecule has 2 heterocycles. The van der Waals surface area contributed by atoms with Crippen molar-refractivity contribution in [1.29, 1.82) is 5.26 Å². The fourth-order valence-corrected chi connectivity index (χ4v) is 4.30. The van der Waals surface area contributed by atoms with Crippen molar-refractivity contribution in [3.63, 3.8) is 0 Å². The van der Waals surface area contributed by atoms with Crippen LogP contribution >= 0.6 is 0 Å². The first-order valence-electron chi connectivity index (χ1n) is 9.29. The summed E-state index contributed by atoms with van der Waals surface area (Å²) in [4.78, 5) is 9.40. The van der Waals surface area contributed by atoms with Gasteiger partial charge in [-0.3, -0.25) is 4.90 Å². The second-order valence-electron chi connectivity index (χ2n) is 6.97. The van der Waals surface area contributed by atoms with Crippen molar-refractivity contribution in [3.8, 4) is 6.07 Å². The molecule has 1 fully saturated rings. The molecule has 0 radical (unpaired) electrons. The van der Waals surface area contributed by atoms with E-state index < -0.39 is 0 Å². The van der Waals surface area contributed by atoms with Crippen molar-refractivity contribution in [2.24, 2.45) is 0 Å². The highest BCUT2D eigenvalue weighted by Gasteiger charge is 2.27. The Balaban J connectivity index is 1.52. The molecule has 1 aromatic carbocycles. The smallest absolute Gasteiger partial charge is 0.146 e. The van der Waals surface area contributed by atoms with Crippen LogP contribution in [0, 0.1) is 11.3 Å². The van der Waals surface area contributed by atoms with Gasteiger partial charge in [0.2, 0.25) is 0 Å². The van der Waals surface area contributed by atoms with Crippen LogP contribution in [0.4, 0.5) is 5.82 Å². The van der Waals surface area contributed by atoms with Crippen molar-refractivity contribution < 1.29 is 0 Å². The van der Waals surface area contributed by atoms with Crippen molar-refractivity contribution in [2.75, 3.05) is 31.1 Å². The summed E-state index contributed by atoms with van der Waals surface area (Å²) in [5.41, 5.74) is 3.73. The molecule has 0 unspecified atom stereocenters. The van der Waals surface area contributed by atoms with Gasteiger partial charge in [-0.2, -0.15) is 5.26 Å². The van der Waals surface area contributed by atoms with Crippen LogP contribution in [-0.4, -0.2) is 36.1 Å². The average molecular weight is 332 g/mol. The van der Waals surface area contributed by atoms with E-state index in [-0.39, 0.29) is 0 Å². The normalized spacial score (nSPS) is 21.2. The van der Waals surface area contributed by atoms with Gasteiger partial charge in [0.15, 0.2) is 0 Å². The van der Waals surface area contributed by atoms with Crippen LogP contribution in [0.3, 0.4) is 0 Å². The lowest BCUT2D eigenvalue weighted by Crippen LogP contribution is -2.35. The fraction of sp³-hybridized carbons (Fsp3) is 0.429. The van der Waals surface area contributed by atoms with Crippen LogP contribution in [-0.2, 0) is 6.42 Å². The third kappa shape index (κ3) is 3.25. The highest BCUT2D eigenvalue weighted by Crippen LogP contribution is 2.34. The van der Waals surface area contributed by atoms with Gasteiger partial charge in [-0.15, -0.1) is 0 Å². The Labute approximate surface area is 149 Å². The zero-order valence-electron chi connectivity index (χ0n) is 14.6. The van der Waals surface area contributed by atoms with E-state index in [9.17, 15) is 5.26 Å². The van der Waals surface area contributed by atoms with E-state index in [4.69, 9.17) is 0 Å². The first kappa shape index (κ1) is 16.1. The minimum Gasteiger partial charge on any atom is -0.354 e. The summed E-state index contributed by atoms with van der Waals surface area (Å²) in [5.74, 6) is 0.843. The highest BCUT2D eigenvalue weighted by molar-refractivity contribution is 5.53. The number of pyridine rings is 1. The Bertz CT molecular complexity index is 779. The number of aryl methyl sites for hydroxylation is 1. The van der Waals surface area contributed by atoms with Crippen molar-refractivity contribution in [2.45, 2.75) is 31.7 Å². The number of nitrogens with zero attached hydrogens (tertiary/aromatic N) is 4. The number of anilines is 1. The van der Waals surface area contributed by atoms with E-state index in [1.54, 1.807) is 6.20 Å². The maximum absolute atomic E-state index is 9.36. The molecule has 0 N–H and O–H groups in total. The van der Waals surface area contributed by atoms with Crippen molar-refractivity contribution >= 4 is 5.82 Å². The van der Waals surface area contributed by atoms with E-state index in [2.05, 4.69) is 45.1 Å². The quantitative estimate of drug-likeness (QED) is 0.843. The Morgan fingerprint density at radius 3 is 2.84 bits per heavy atom. The molecule has 0 saturated carbocycles. The van der Waals surface area contributed by atoms with Crippen LogP contribution in [0.15, 0.2) is 42.6 Å². The topological polar surface area (TPSA) is 43.2 Å². The Hall–Kier alpha value is -2.38. The number of nitriles is 1. The predicted molar refractivity (Wildman–Crippen MR) is 99.5 cm³/mol. The van der Waals surface area contributed by atoms with Crippen LogP contribution < -0.4 is 4.90 Å².